The lowest BCUT2D eigenvalue weighted by Crippen LogP contribution is -2.03. The van der Waals surface area contributed by atoms with Crippen LogP contribution in [0.3, 0.4) is 0 Å². The largest absolute Gasteiger partial charge is 0.360 e. The quantitative estimate of drug-likeness (QED) is 0.777. The van der Waals surface area contributed by atoms with Crippen molar-refractivity contribution < 1.29 is 8.42 Å². The maximum Gasteiger partial charge on any atom is 0.208 e. The summed E-state index contributed by atoms with van der Waals surface area (Å²) >= 11 is 0. The number of nitrogens with one attached hydrogen (secondary N) is 1. The number of fused-ring (bicyclic) bond motifs is 1. The Balaban J connectivity index is 2.18. The van der Waals surface area contributed by atoms with Crippen molar-refractivity contribution in [3.05, 3.63) is 60.3 Å². The zero-order chi connectivity index (χ0) is 14.9. The second-order valence-electron chi connectivity index (χ2n) is 4.89. The lowest BCUT2D eigenvalue weighted by Gasteiger charge is -2.04. The van der Waals surface area contributed by atoms with Gasteiger partial charge in [-0.15, -0.1) is 0 Å². The van der Waals surface area contributed by atoms with Gasteiger partial charge in [0, 0.05) is 17.1 Å². The molecule has 0 saturated carbocycles. The van der Waals surface area contributed by atoms with Crippen LogP contribution in [0.1, 0.15) is 5.56 Å². The van der Waals surface area contributed by atoms with E-state index in [1.165, 1.54) is 0 Å². The molecule has 2 aromatic carbocycles. The molecule has 3 rings (SSSR count). The fourth-order valence-corrected chi connectivity index (χ4v) is 3.86. The van der Waals surface area contributed by atoms with Crippen molar-refractivity contribution in [3.63, 3.8) is 0 Å². The molecule has 0 bridgehead atoms. The molecule has 3 N–H and O–H groups in total. The molecule has 0 aliphatic heterocycles. The van der Waals surface area contributed by atoms with E-state index in [1.54, 1.807) is 36.5 Å². The van der Waals surface area contributed by atoms with Crippen molar-refractivity contribution in [2.24, 2.45) is 5.73 Å². The van der Waals surface area contributed by atoms with Gasteiger partial charge in [-0.05, 0) is 42.8 Å². The van der Waals surface area contributed by atoms with E-state index < -0.39 is 9.84 Å². The lowest BCUT2D eigenvalue weighted by molar-refractivity contribution is 0.597. The molecule has 0 spiro atoms. The summed E-state index contributed by atoms with van der Waals surface area (Å²) in [5.74, 6) is 0. The van der Waals surface area contributed by atoms with E-state index in [-0.39, 0.29) is 0 Å². The Bertz CT molecular complexity index is 868. The highest BCUT2D eigenvalue weighted by atomic mass is 32.2. The highest BCUT2D eigenvalue weighted by Gasteiger charge is 2.21. The average molecular weight is 300 g/mol. The molecule has 3 aromatic rings. The van der Waals surface area contributed by atoms with E-state index in [4.69, 9.17) is 5.73 Å². The van der Waals surface area contributed by atoms with E-state index >= 15 is 0 Å². The van der Waals surface area contributed by atoms with E-state index in [2.05, 4.69) is 4.98 Å². The third kappa shape index (κ3) is 2.46. The molecule has 0 unspecified atom stereocenters. The van der Waals surface area contributed by atoms with E-state index in [1.807, 2.05) is 18.2 Å². The highest BCUT2D eigenvalue weighted by Crippen LogP contribution is 2.28. The number of benzene rings is 2. The normalized spacial score (nSPS) is 11.9. The molecule has 108 valence electrons. The third-order valence-corrected chi connectivity index (χ3v) is 5.29. The maximum atomic E-state index is 12.7. The molecule has 1 aromatic heterocycles. The maximum absolute atomic E-state index is 12.7. The number of rotatable bonds is 4. The average Bonchev–Trinajstić information content (AvgIpc) is 2.92. The highest BCUT2D eigenvalue weighted by molar-refractivity contribution is 7.91. The molecular formula is C16H16N2O2S. The minimum atomic E-state index is -3.52. The van der Waals surface area contributed by atoms with E-state index in [0.717, 1.165) is 17.5 Å². The summed E-state index contributed by atoms with van der Waals surface area (Å²) in [5, 5.41) is 0.713. The predicted molar refractivity (Wildman–Crippen MR) is 83.0 cm³/mol. The first-order chi connectivity index (χ1) is 10.1. The summed E-state index contributed by atoms with van der Waals surface area (Å²) in [4.78, 5) is 3.63. The SMILES string of the molecule is NCCc1ccc2[nH]cc(S(=O)(=O)c3ccccc3)c2c1. The number of hydrogen-bond donors (Lipinski definition) is 2. The van der Waals surface area contributed by atoms with Gasteiger partial charge in [-0.2, -0.15) is 0 Å². The van der Waals surface area contributed by atoms with Crippen LogP contribution >= 0.6 is 0 Å². The molecular weight excluding hydrogens is 284 g/mol. The molecule has 0 atom stereocenters. The van der Waals surface area contributed by atoms with Crippen molar-refractivity contribution >= 4 is 20.7 Å². The Morgan fingerprint density at radius 3 is 2.52 bits per heavy atom. The molecule has 21 heavy (non-hydrogen) atoms. The molecule has 0 radical (unpaired) electrons. The van der Waals surface area contributed by atoms with Gasteiger partial charge in [0.25, 0.3) is 0 Å². The first-order valence-corrected chi connectivity index (χ1v) is 8.21. The zero-order valence-electron chi connectivity index (χ0n) is 11.4. The van der Waals surface area contributed by atoms with Crippen molar-refractivity contribution in [2.75, 3.05) is 6.54 Å². The molecule has 0 saturated heterocycles. The van der Waals surface area contributed by atoms with Gasteiger partial charge in [0.1, 0.15) is 0 Å². The Labute approximate surface area is 123 Å². The van der Waals surface area contributed by atoms with E-state index in [9.17, 15) is 8.42 Å². The minimum absolute atomic E-state index is 0.301. The Morgan fingerprint density at radius 2 is 1.81 bits per heavy atom. The van der Waals surface area contributed by atoms with Gasteiger partial charge >= 0.3 is 0 Å². The standard InChI is InChI=1S/C16H16N2O2S/c17-9-8-12-6-7-15-14(10-12)16(11-18-15)21(19,20)13-4-2-1-3-5-13/h1-7,10-11,18H,8-9,17H2. The van der Waals surface area contributed by atoms with Crippen LogP contribution in [-0.2, 0) is 16.3 Å². The van der Waals surface area contributed by atoms with Crippen LogP contribution in [0.15, 0.2) is 64.5 Å². The van der Waals surface area contributed by atoms with Gasteiger partial charge < -0.3 is 10.7 Å². The Hall–Kier alpha value is -2.11. The number of H-pyrrole nitrogens is 1. The molecule has 0 aliphatic rings. The number of hydrogen-bond acceptors (Lipinski definition) is 3. The smallest absolute Gasteiger partial charge is 0.208 e. The zero-order valence-corrected chi connectivity index (χ0v) is 12.2. The second-order valence-corrected chi connectivity index (χ2v) is 6.81. The lowest BCUT2D eigenvalue weighted by atomic mass is 10.1. The summed E-state index contributed by atoms with van der Waals surface area (Å²) in [6, 6.07) is 14.2. The third-order valence-electron chi connectivity index (χ3n) is 3.48. The minimum Gasteiger partial charge on any atom is -0.360 e. The van der Waals surface area contributed by atoms with Crippen LogP contribution < -0.4 is 5.73 Å². The van der Waals surface area contributed by atoms with Crippen molar-refractivity contribution in [1.29, 1.82) is 0 Å². The van der Waals surface area contributed by atoms with Crippen molar-refractivity contribution in [3.8, 4) is 0 Å². The number of sulfone groups is 1. The molecule has 0 fully saturated rings. The first-order valence-electron chi connectivity index (χ1n) is 6.73. The molecule has 1 heterocycles. The predicted octanol–water partition coefficient (Wildman–Crippen LogP) is 2.50. The summed E-state index contributed by atoms with van der Waals surface area (Å²) in [5.41, 5.74) is 7.42. The van der Waals surface area contributed by atoms with Gasteiger partial charge in [0.05, 0.1) is 9.79 Å². The van der Waals surface area contributed by atoms with Crippen LogP contribution in [0, 0.1) is 0 Å². The Morgan fingerprint density at radius 1 is 1.05 bits per heavy atom. The van der Waals surface area contributed by atoms with Crippen molar-refractivity contribution in [2.45, 2.75) is 16.2 Å². The van der Waals surface area contributed by atoms with Crippen LogP contribution in [0.4, 0.5) is 0 Å². The molecule has 0 aliphatic carbocycles. The molecule has 0 amide bonds. The summed E-state index contributed by atoms with van der Waals surface area (Å²) in [6.45, 7) is 0.538. The molecule has 5 heteroatoms. The summed E-state index contributed by atoms with van der Waals surface area (Å²) in [6.07, 6.45) is 2.28. The second kappa shape index (κ2) is 5.35. The molecule has 4 nitrogen and oxygen atoms in total. The van der Waals surface area contributed by atoms with Crippen LogP contribution in [0.25, 0.3) is 10.9 Å². The van der Waals surface area contributed by atoms with Crippen LogP contribution in [-0.4, -0.2) is 19.9 Å². The van der Waals surface area contributed by atoms with Gasteiger partial charge in [0.2, 0.25) is 9.84 Å². The van der Waals surface area contributed by atoms with E-state index in [0.29, 0.717) is 21.7 Å². The van der Waals surface area contributed by atoms with Crippen molar-refractivity contribution in [1.82, 2.24) is 4.98 Å². The topological polar surface area (TPSA) is 76.0 Å². The summed E-state index contributed by atoms with van der Waals surface area (Å²) in [7, 11) is -3.52. The van der Waals surface area contributed by atoms with Gasteiger partial charge in [-0.25, -0.2) is 8.42 Å². The number of aromatic nitrogens is 1. The first kappa shape index (κ1) is 13.9. The fourth-order valence-electron chi connectivity index (χ4n) is 2.41. The fraction of sp³-hybridized carbons (Fsp3) is 0.125. The number of nitrogens with two attached hydrogens (primary N) is 1. The number of aromatic amines is 1. The van der Waals surface area contributed by atoms with Crippen LogP contribution in [0.2, 0.25) is 0 Å². The summed E-state index contributed by atoms with van der Waals surface area (Å²) < 4.78 is 25.5. The Kier molecular flexibility index (Phi) is 3.53. The van der Waals surface area contributed by atoms with Gasteiger partial charge in [0.15, 0.2) is 0 Å². The van der Waals surface area contributed by atoms with Crippen LogP contribution in [0.5, 0.6) is 0 Å². The van der Waals surface area contributed by atoms with Gasteiger partial charge in [-0.1, -0.05) is 24.3 Å². The van der Waals surface area contributed by atoms with Gasteiger partial charge in [-0.3, -0.25) is 0 Å². The monoisotopic (exact) mass is 300 g/mol.